The molecule has 324 valence electrons. The maximum absolute atomic E-state index is 6.73. The van der Waals surface area contributed by atoms with E-state index in [4.69, 9.17) is 19.4 Å². The summed E-state index contributed by atoms with van der Waals surface area (Å²) in [6, 6.07) is 90.8. The molecule has 0 atom stereocenters. The van der Waals surface area contributed by atoms with E-state index in [1.165, 1.54) is 31.5 Å². The molecule has 0 fully saturated rings. The maximum atomic E-state index is 6.73. The minimum Gasteiger partial charge on any atom is -0.456 e. The fraction of sp³-hybridized carbons (Fsp3) is 0. The Balaban J connectivity index is 1.04. The van der Waals surface area contributed by atoms with Gasteiger partial charge < -0.3 is 8.98 Å². The fourth-order valence-electron chi connectivity index (χ4n) is 10.5. The third-order valence-corrected chi connectivity index (χ3v) is 18.4. The van der Waals surface area contributed by atoms with Crippen molar-refractivity contribution < 1.29 is 4.42 Å². The first kappa shape index (κ1) is 40.3. The van der Waals surface area contributed by atoms with Crippen LogP contribution in [0.2, 0.25) is 0 Å². The minimum atomic E-state index is -2.85. The summed E-state index contributed by atoms with van der Waals surface area (Å²) in [6.45, 7) is 0. The number of furan rings is 1. The molecule has 0 saturated carbocycles. The molecule has 0 unspecified atom stereocenters. The van der Waals surface area contributed by atoms with Gasteiger partial charge in [-0.3, -0.25) is 0 Å². The number of hydrogen-bond donors (Lipinski definition) is 0. The van der Waals surface area contributed by atoms with Gasteiger partial charge in [0.05, 0.1) is 11.0 Å². The van der Waals surface area contributed by atoms with Crippen molar-refractivity contribution in [3.63, 3.8) is 0 Å². The van der Waals surface area contributed by atoms with E-state index in [9.17, 15) is 0 Å². The average Bonchev–Trinajstić information content (AvgIpc) is 3.98. The highest BCUT2D eigenvalue weighted by Crippen LogP contribution is 2.42. The molecule has 0 N–H and O–H groups in total. The topological polar surface area (TPSA) is 56.7 Å². The van der Waals surface area contributed by atoms with Gasteiger partial charge in [0.1, 0.15) is 11.2 Å². The van der Waals surface area contributed by atoms with Crippen LogP contribution in [0.25, 0.3) is 94.7 Å². The molecule has 69 heavy (non-hydrogen) atoms. The Labute approximate surface area is 400 Å². The molecule has 3 aromatic heterocycles. The van der Waals surface area contributed by atoms with Crippen LogP contribution in [0.5, 0.6) is 0 Å². The lowest BCUT2D eigenvalue weighted by Gasteiger charge is -2.34. The standard InChI is InChI=1S/C63H42N4OSi/c1-6-21-43(22-7-1)61-64-62(45-23-20-32-51(39-45)69(48-26-10-3-11-27-48,49-28-12-4-13-29-49)50-30-14-5-15-31-50)66-63(65-61)46-41-54(60-53-34-17-19-36-58(53)68-59(60)42-46)44-37-38-57-55(40-44)52-33-16-18-35-56(52)67(57)47-24-8-2-9-25-47/h1-42H. The SMILES string of the molecule is c1ccc(-c2nc(-c3cccc([Si](c4ccccc4)(c4ccccc4)c4ccccc4)c3)nc(-c3cc(-c4ccc5c(c4)c4ccccc4n5-c4ccccc4)c4c(c3)oc3ccccc34)n2)cc1. The first-order chi connectivity index (χ1) is 34.2. The number of benzene rings is 10. The van der Waals surface area contributed by atoms with Gasteiger partial charge in [-0.05, 0) is 80.4 Å². The van der Waals surface area contributed by atoms with Gasteiger partial charge in [0.15, 0.2) is 25.5 Å². The summed E-state index contributed by atoms with van der Waals surface area (Å²) < 4.78 is 9.09. The van der Waals surface area contributed by atoms with E-state index < -0.39 is 8.07 Å². The van der Waals surface area contributed by atoms with Crippen LogP contribution in [0.15, 0.2) is 259 Å². The molecule has 5 nitrogen and oxygen atoms in total. The molecule has 0 amide bonds. The van der Waals surface area contributed by atoms with E-state index in [-0.39, 0.29) is 0 Å². The van der Waals surface area contributed by atoms with Crippen molar-refractivity contribution in [2.75, 3.05) is 0 Å². The molecule has 0 aliphatic heterocycles. The number of hydrogen-bond acceptors (Lipinski definition) is 4. The highest BCUT2D eigenvalue weighted by molar-refractivity contribution is 7.19. The van der Waals surface area contributed by atoms with Crippen molar-refractivity contribution in [3.8, 4) is 51.0 Å². The Morgan fingerprint density at radius 2 is 0.826 bits per heavy atom. The molecule has 0 radical (unpaired) electrons. The summed E-state index contributed by atoms with van der Waals surface area (Å²) >= 11 is 0. The second-order valence-corrected chi connectivity index (χ2v) is 21.3. The largest absolute Gasteiger partial charge is 0.456 e. The zero-order valence-corrected chi connectivity index (χ0v) is 38.4. The van der Waals surface area contributed by atoms with Crippen molar-refractivity contribution in [1.82, 2.24) is 19.5 Å². The van der Waals surface area contributed by atoms with E-state index in [1.54, 1.807) is 0 Å². The number of rotatable bonds is 9. The van der Waals surface area contributed by atoms with E-state index in [1.807, 2.05) is 30.3 Å². The normalized spacial score (nSPS) is 11.8. The molecule has 0 bridgehead atoms. The fourth-order valence-corrected chi connectivity index (χ4v) is 15.3. The molecule has 10 aromatic carbocycles. The third-order valence-electron chi connectivity index (χ3n) is 13.6. The van der Waals surface area contributed by atoms with Crippen LogP contribution in [0, 0.1) is 0 Å². The lowest BCUT2D eigenvalue weighted by molar-refractivity contribution is 0.669. The highest BCUT2D eigenvalue weighted by Gasteiger charge is 2.41. The van der Waals surface area contributed by atoms with Crippen LogP contribution in [0.3, 0.4) is 0 Å². The molecule has 0 spiro atoms. The average molecular weight is 899 g/mol. The van der Waals surface area contributed by atoms with Crippen LogP contribution >= 0.6 is 0 Å². The van der Waals surface area contributed by atoms with E-state index in [2.05, 4.69) is 229 Å². The van der Waals surface area contributed by atoms with Gasteiger partial charge in [-0.1, -0.05) is 206 Å². The molecule has 13 aromatic rings. The number of aromatic nitrogens is 4. The van der Waals surface area contributed by atoms with E-state index >= 15 is 0 Å². The maximum Gasteiger partial charge on any atom is 0.179 e. The lowest BCUT2D eigenvalue weighted by Crippen LogP contribution is -2.74. The Morgan fingerprint density at radius 3 is 1.49 bits per heavy atom. The lowest BCUT2D eigenvalue weighted by atomic mass is 9.95. The molecule has 13 rings (SSSR count). The molecule has 3 heterocycles. The number of fused-ring (bicyclic) bond motifs is 6. The van der Waals surface area contributed by atoms with E-state index in [0.29, 0.717) is 17.5 Å². The van der Waals surface area contributed by atoms with Gasteiger partial charge in [0.2, 0.25) is 0 Å². The summed E-state index contributed by atoms with van der Waals surface area (Å²) in [7, 11) is -2.85. The molecular formula is C63H42N4OSi. The minimum absolute atomic E-state index is 0.562. The van der Waals surface area contributed by atoms with Crippen LogP contribution in [0.1, 0.15) is 0 Å². The first-order valence-electron chi connectivity index (χ1n) is 23.3. The summed E-state index contributed by atoms with van der Waals surface area (Å²) in [6.07, 6.45) is 0. The van der Waals surface area contributed by atoms with Crippen molar-refractivity contribution in [2.45, 2.75) is 0 Å². The molecular weight excluding hydrogens is 857 g/mol. The monoisotopic (exact) mass is 898 g/mol. The van der Waals surface area contributed by atoms with Crippen molar-refractivity contribution >= 4 is 72.6 Å². The Morgan fingerprint density at radius 1 is 0.319 bits per heavy atom. The smallest absolute Gasteiger partial charge is 0.179 e. The van der Waals surface area contributed by atoms with Gasteiger partial charge >= 0.3 is 0 Å². The molecule has 0 aliphatic rings. The third kappa shape index (κ3) is 6.80. The van der Waals surface area contributed by atoms with Crippen LogP contribution in [-0.4, -0.2) is 27.6 Å². The zero-order valence-electron chi connectivity index (χ0n) is 37.4. The highest BCUT2D eigenvalue weighted by atomic mass is 28.3. The predicted octanol–water partition coefficient (Wildman–Crippen LogP) is 12.9. The van der Waals surface area contributed by atoms with Crippen molar-refractivity contribution in [3.05, 3.63) is 255 Å². The van der Waals surface area contributed by atoms with Gasteiger partial charge in [-0.25, -0.2) is 15.0 Å². The van der Waals surface area contributed by atoms with Crippen LogP contribution in [0.4, 0.5) is 0 Å². The van der Waals surface area contributed by atoms with Crippen molar-refractivity contribution in [1.29, 1.82) is 0 Å². The zero-order chi connectivity index (χ0) is 45.7. The van der Waals surface area contributed by atoms with Crippen molar-refractivity contribution in [2.24, 2.45) is 0 Å². The second kappa shape index (κ2) is 16.7. The van der Waals surface area contributed by atoms with Gasteiger partial charge in [-0.2, -0.15) is 0 Å². The second-order valence-electron chi connectivity index (χ2n) is 17.5. The molecule has 6 heteroatoms. The molecule has 0 saturated heterocycles. The number of nitrogens with zero attached hydrogens (tertiary/aromatic N) is 4. The summed E-state index contributed by atoms with van der Waals surface area (Å²) in [5.74, 6) is 1.76. The van der Waals surface area contributed by atoms with E-state index in [0.717, 1.165) is 66.5 Å². The Kier molecular flexibility index (Phi) is 9.77. The summed E-state index contributed by atoms with van der Waals surface area (Å²) in [5, 5.41) is 9.62. The van der Waals surface area contributed by atoms with Crippen LogP contribution in [-0.2, 0) is 0 Å². The van der Waals surface area contributed by atoms with Gasteiger partial charge in [0.25, 0.3) is 0 Å². The number of para-hydroxylation sites is 3. The van der Waals surface area contributed by atoms with Gasteiger partial charge in [0, 0.05) is 43.9 Å². The van der Waals surface area contributed by atoms with Crippen LogP contribution < -0.4 is 20.7 Å². The Hall–Kier alpha value is -8.97. The molecule has 0 aliphatic carbocycles. The predicted molar refractivity (Wildman–Crippen MR) is 287 cm³/mol. The first-order valence-corrected chi connectivity index (χ1v) is 25.3. The quantitative estimate of drug-likeness (QED) is 0.107. The Bertz CT molecular complexity index is 3910. The summed E-state index contributed by atoms with van der Waals surface area (Å²) in [4.78, 5) is 16.0. The summed E-state index contributed by atoms with van der Waals surface area (Å²) in [5.41, 5.74) is 9.80. The van der Waals surface area contributed by atoms with Gasteiger partial charge in [-0.15, -0.1) is 0 Å².